The van der Waals surface area contributed by atoms with Gasteiger partial charge in [-0.1, -0.05) is 0 Å². The smallest absolute Gasteiger partial charge is 0.477 e. The number of aromatic carboxylic acids is 1. The fraction of sp³-hybridized carbons (Fsp3) is 0.188. The molecule has 29 heavy (non-hydrogen) atoms. The zero-order valence-corrected chi connectivity index (χ0v) is 16.3. The Balaban J connectivity index is 2.43. The van der Waals surface area contributed by atoms with Crippen molar-refractivity contribution in [2.75, 3.05) is 0 Å². The van der Waals surface area contributed by atoms with Gasteiger partial charge in [-0.3, -0.25) is 4.79 Å². The third-order valence-electron chi connectivity index (χ3n) is 3.35. The standard InChI is InChI=1S/C16H12F3NO7S2/c1-8(14-20-9(2)13(28-14)15(22)23)5-10-3-4-11(6-12(10)26-7-21)27-29(24,25)16(17,18)19/h3-7H,1-2H3,(H,22,23)/b8-5+. The average molecular weight is 451 g/mol. The topological polar surface area (TPSA) is 120 Å². The van der Waals surface area contributed by atoms with Crippen molar-refractivity contribution in [3.8, 4) is 11.5 Å². The maximum atomic E-state index is 12.4. The number of carboxylic acids is 1. The first-order valence-corrected chi connectivity index (χ1v) is 9.72. The molecule has 1 N–H and O–H groups in total. The number of aryl methyl sites for hydroxylation is 1. The lowest BCUT2D eigenvalue weighted by molar-refractivity contribution is -0.120. The molecule has 0 bridgehead atoms. The summed E-state index contributed by atoms with van der Waals surface area (Å²) in [5.41, 5.74) is -4.66. The summed E-state index contributed by atoms with van der Waals surface area (Å²) in [5.74, 6) is -2.13. The summed E-state index contributed by atoms with van der Waals surface area (Å²) in [6.07, 6.45) is 1.44. The number of carbonyl (C=O) groups is 2. The first kappa shape index (κ1) is 22.4. The van der Waals surface area contributed by atoms with Gasteiger partial charge < -0.3 is 14.0 Å². The Morgan fingerprint density at radius 2 is 1.97 bits per heavy atom. The molecule has 0 aliphatic rings. The third kappa shape index (κ3) is 5.12. The van der Waals surface area contributed by atoms with Crippen LogP contribution in [0.15, 0.2) is 18.2 Å². The number of ether oxygens (including phenoxy) is 1. The number of nitrogens with zero attached hydrogens (tertiary/aromatic N) is 1. The van der Waals surface area contributed by atoms with Gasteiger partial charge in [0, 0.05) is 11.6 Å². The number of benzene rings is 1. The molecule has 1 aromatic carbocycles. The van der Waals surface area contributed by atoms with E-state index < -0.39 is 27.3 Å². The van der Waals surface area contributed by atoms with Gasteiger partial charge >= 0.3 is 21.6 Å². The Kier molecular flexibility index (Phi) is 6.33. The van der Waals surface area contributed by atoms with Crippen LogP contribution >= 0.6 is 11.3 Å². The Hall–Kier alpha value is -2.93. The van der Waals surface area contributed by atoms with Crippen molar-refractivity contribution in [3.05, 3.63) is 39.3 Å². The highest BCUT2D eigenvalue weighted by atomic mass is 32.2. The normalized spacial score (nSPS) is 12.5. The van der Waals surface area contributed by atoms with E-state index in [-0.39, 0.29) is 22.7 Å². The first-order valence-electron chi connectivity index (χ1n) is 7.50. The molecule has 0 unspecified atom stereocenters. The Morgan fingerprint density at radius 3 is 2.48 bits per heavy atom. The fourth-order valence-corrected chi connectivity index (χ4v) is 3.40. The van der Waals surface area contributed by atoms with E-state index >= 15 is 0 Å². The fourth-order valence-electron chi connectivity index (χ4n) is 2.07. The number of alkyl halides is 3. The predicted molar refractivity (Wildman–Crippen MR) is 96.1 cm³/mol. The van der Waals surface area contributed by atoms with Gasteiger partial charge in [0.05, 0.1) is 5.69 Å². The second-order valence-corrected chi connectivity index (χ2v) is 8.00. The average Bonchev–Trinajstić information content (AvgIpc) is 2.98. The van der Waals surface area contributed by atoms with E-state index in [0.717, 1.165) is 23.5 Å². The van der Waals surface area contributed by atoms with E-state index in [2.05, 4.69) is 13.9 Å². The number of carboxylic acid groups (broad SMARTS) is 1. The highest BCUT2D eigenvalue weighted by molar-refractivity contribution is 7.88. The SMILES string of the molecule is C/C(=C\c1ccc(OS(=O)(=O)C(F)(F)F)cc1OC=O)c1nc(C)c(C(=O)O)s1. The summed E-state index contributed by atoms with van der Waals surface area (Å²) in [5, 5.41) is 9.45. The lowest BCUT2D eigenvalue weighted by Gasteiger charge is -2.11. The molecule has 0 amide bonds. The minimum Gasteiger partial charge on any atom is -0.477 e. The number of rotatable bonds is 7. The van der Waals surface area contributed by atoms with E-state index in [9.17, 15) is 31.2 Å². The van der Waals surface area contributed by atoms with Crippen molar-refractivity contribution in [2.24, 2.45) is 0 Å². The number of hydrogen-bond donors (Lipinski definition) is 1. The van der Waals surface area contributed by atoms with Crippen LogP contribution in [-0.2, 0) is 14.9 Å². The molecule has 13 heteroatoms. The van der Waals surface area contributed by atoms with Gasteiger partial charge in [0.15, 0.2) is 0 Å². The maximum Gasteiger partial charge on any atom is 0.534 e. The molecular formula is C16H12F3NO7S2. The molecule has 0 atom stereocenters. The van der Waals surface area contributed by atoms with Crippen molar-refractivity contribution in [2.45, 2.75) is 19.4 Å². The van der Waals surface area contributed by atoms with Crippen molar-refractivity contribution >= 4 is 45.5 Å². The van der Waals surface area contributed by atoms with Crippen molar-refractivity contribution < 1.29 is 45.2 Å². The molecular weight excluding hydrogens is 439 g/mol. The zero-order valence-electron chi connectivity index (χ0n) is 14.7. The Labute approximate surface area is 166 Å². The minimum atomic E-state index is -5.89. The van der Waals surface area contributed by atoms with Crippen molar-refractivity contribution in [3.63, 3.8) is 0 Å². The highest BCUT2D eigenvalue weighted by Gasteiger charge is 2.48. The molecule has 156 valence electrons. The van der Waals surface area contributed by atoms with Gasteiger partial charge in [-0.2, -0.15) is 21.6 Å². The molecule has 1 heterocycles. The van der Waals surface area contributed by atoms with Crippen LogP contribution in [0.3, 0.4) is 0 Å². The van der Waals surface area contributed by atoms with Gasteiger partial charge in [-0.05, 0) is 37.6 Å². The van der Waals surface area contributed by atoms with E-state index in [1.807, 2.05) is 0 Å². The number of hydrogen-bond acceptors (Lipinski definition) is 8. The van der Waals surface area contributed by atoms with Crippen LogP contribution in [0, 0.1) is 6.92 Å². The van der Waals surface area contributed by atoms with E-state index in [1.165, 1.54) is 19.1 Å². The number of halogens is 3. The number of carbonyl (C=O) groups excluding carboxylic acids is 1. The van der Waals surface area contributed by atoms with Gasteiger partial charge in [0.25, 0.3) is 6.47 Å². The third-order valence-corrected chi connectivity index (χ3v) is 5.61. The zero-order chi connectivity index (χ0) is 22.0. The van der Waals surface area contributed by atoms with Crippen molar-refractivity contribution in [1.29, 1.82) is 0 Å². The predicted octanol–water partition coefficient (Wildman–Crippen LogP) is 3.47. The molecule has 0 aliphatic heterocycles. The lowest BCUT2D eigenvalue weighted by atomic mass is 10.1. The van der Waals surface area contributed by atoms with Crippen LogP contribution in [0.25, 0.3) is 11.6 Å². The van der Waals surface area contributed by atoms with Crippen LogP contribution in [0.4, 0.5) is 13.2 Å². The summed E-state index contributed by atoms with van der Waals surface area (Å²) in [4.78, 5) is 26.0. The Morgan fingerprint density at radius 1 is 1.31 bits per heavy atom. The van der Waals surface area contributed by atoms with E-state index in [0.29, 0.717) is 16.3 Å². The van der Waals surface area contributed by atoms with Crippen LogP contribution in [0.5, 0.6) is 11.5 Å². The first-order chi connectivity index (χ1) is 13.4. The summed E-state index contributed by atoms with van der Waals surface area (Å²) in [7, 11) is -5.89. The quantitative estimate of drug-likeness (QED) is 0.386. The molecule has 0 aliphatic carbocycles. The summed E-state index contributed by atoms with van der Waals surface area (Å²) in [6, 6.07) is 2.91. The molecule has 0 spiro atoms. The highest BCUT2D eigenvalue weighted by Crippen LogP contribution is 2.33. The molecule has 8 nitrogen and oxygen atoms in total. The van der Waals surface area contributed by atoms with Gasteiger partial charge in [-0.25, -0.2) is 9.78 Å². The van der Waals surface area contributed by atoms with E-state index in [1.54, 1.807) is 6.92 Å². The van der Waals surface area contributed by atoms with Crippen LogP contribution in [-0.4, -0.2) is 36.5 Å². The van der Waals surface area contributed by atoms with Gasteiger partial charge in [-0.15, -0.1) is 11.3 Å². The second-order valence-electron chi connectivity index (χ2n) is 5.46. The largest absolute Gasteiger partial charge is 0.534 e. The molecule has 2 rings (SSSR count). The van der Waals surface area contributed by atoms with Crippen LogP contribution in [0.2, 0.25) is 0 Å². The summed E-state index contributed by atoms with van der Waals surface area (Å²) in [6.45, 7) is 3.11. The Bertz CT molecular complexity index is 1090. The molecule has 0 saturated heterocycles. The van der Waals surface area contributed by atoms with Gasteiger partial charge in [0.1, 0.15) is 21.4 Å². The van der Waals surface area contributed by atoms with E-state index in [4.69, 9.17) is 5.11 Å². The minimum absolute atomic E-state index is 0.000117. The summed E-state index contributed by atoms with van der Waals surface area (Å²) < 4.78 is 68.2. The molecule has 0 fully saturated rings. The number of aromatic nitrogens is 1. The molecule has 2 aromatic rings. The molecule has 1 aromatic heterocycles. The molecule has 0 radical (unpaired) electrons. The van der Waals surface area contributed by atoms with Crippen molar-refractivity contribution in [1.82, 2.24) is 4.98 Å². The maximum absolute atomic E-state index is 12.4. The number of thiazole rings is 1. The monoisotopic (exact) mass is 451 g/mol. The van der Waals surface area contributed by atoms with Gasteiger partial charge in [0.2, 0.25) is 0 Å². The lowest BCUT2D eigenvalue weighted by Crippen LogP contribution is -2.28. The van der Waals surface area contributed by atoms with Crippen LogP contribution < -0.4 is 8.92 Å². The van der Waals surface area contributed by atoms with Crippen LogP contribution in [0.1, 0.15) is 32.9 Å². The number of allylic oxidation sites excluding steroid dienone is 1. The summed E-state index contributed by atoms with van der Waals surface area (Å²) >= 11 is 0.910. The second kappa shape index (κ2) is 8.21. The molecule has 0 saturated carbocycles.